The Kier molecular flexibility index (Phi) is 4.58. The lowest BCUT2D eigenvalue weighted by atomic mass is 9.92. The molecule has 0 unspecified atom stereocenters. The Hall–Kier alpha value is -3.23. The SMILES string of the molecule is O=C(N/N=C\[C@H]1C(=O)NC(=O)N([C@@H]2C[C@H]3CC[C@H]2C3)C1=O)c1ccccc1O. The Morgan fingerprint density at radius 2 is 2.00 bits per heavy atom. The first-order chi connectivity index (χ1) is 13.5. The van der Waals surface area contributed by atoms with Crippen LogP contribution in [0.5, 0.6) is 5.75 Å². The average molecular weight is 384 g/mol. The number of carbonyl (C=O) groups excluding carboxylic acids is 4. The van der Waals surface area contributed by atoms with Crippen molar-refractivity contribution < 1.29 is 24.3 Å². The van der Waals surface area contributed by atoms with E-state index in [4.69, 9.17) is 0 Å². The Balaban J connectivity index is 1.46. The normalized spacial score (nSPS) is 29.4. The van der Waals surface area contributed by atoms with E-state index in [1.54, 1.807) is 12.1 Å². The molecule has 1 aromatic rings. The van der Waals surface area contributed by atoms with Crippen LogP contribution in [0.3, 0.4) is 0 Å². The standard InChI is InChI=1S/C19H20N4O5/c24-15-4-2-1-3-12(15)17(26)22-20-9-13-16(25)21-19(28)23(18(13)27)14-8-10-5-6-11(14)7-10/h1-4,9-11,13-14,24H,5-8H2,(H,22,26)(H,21,25,28)/b20-9-/t10-,11-,13-,14+/m0/s1. The zero-order valence-corrected chi connectivity index (χ0v) is 15.0. The molecule has 146 valence electrons. The van der Waals surface area contributed by atoms with Crippen LogP contribution in [-0.2, 0) is 9.59 Å². The van der Waals surface area contributed by atoms with E-state index in [0.717, 1.165) is 36.8 Å². The first kappa shape index (κ1) is 18.1. The van der Waals surface area contributed by atoms with Gasteiger partial charge in [0.1, 0.15) is 5.75 Å². The van der Waals surface area contributed by atoms with Gasteiger partial charge in [-0.2, -0.15) is 5.10 Å². The van der Waals surface area contributed by atoms with E-state index in [1.807, 2.05) is 0 Å². The minimum Gasteiger partial charge on any atom is -0.507 e. The summed E-state index contributed by atoms with van der Waals surface area (Å²) in [4.78, 5) is 50.4. The van der Waals surface area contributed by atoms with Crippen LogP contribution in [0.2, 0.25) is 0 Å². The number of phenolic OH excluding ortho intramolecular Hbond substituents is 1. The number of nitrogens with zero attached hydrogens (tertiary/aromatic N) is 2. The molecule has 4 rings (SSSR count). The molecule has 28 heavy (non-hydrogen) atoms. The van der Waals surface area contributed by atoms with Crippen LogP contribution in [-0.4, -0.2) is 46.0 Å². The van der Waals surface area contributed by atoms with Crippen LogP contribution in [0, 0.1) is 17.8 Å². The average Bonchev–Trinajstić information content (AvgIpc) is 3.28. The Morgan fingerprint density at radius 1 is 1.21 bits per heavy atom. The third kappa shape index (κ3) is 3.12. The van der Waals surface area contributed by atoms with Crippen LogP contribution in [0.25, 0.3) is 0 Å². The third-order valence-electron chi connectivity index (χ3n) is 5.81. The van der Waals surface area contributed by atoms with Gasteiger partial charge >= 0.3 is 6.03 Å². The largest absolute Gasteiger partial charge is 0.507 e. The van der Waals surface area contributed by atoms with Gasteiger partial charge in [-0.25, -0.2) is 10.2 Å². The number of urea groups is 1. The number of carbonyl (C=O) groups is 4. The molecule has 3 aliphatic rings. The van der Waals surface area contributed by atoms with Crippen LogP contribution in [0.4, 0.5) is 4.79 Å². The van der Waals surface area contributed by atoms with Crippen LogP contribution in [0.1, 0.15) is 36.0 Å². The van der Waals surface area contributed by atoms with Gasteiger partial charge in [0, 0.05) is 12.3 Å². The Bertz CT molecular complexity index is 883. The number of hydrogen-bond acceptors (Lipinski definition) is 6. The number of barbiturate groups is 1. The number of nitrogens with one attached hydrogen (secondary N) is 2. The predicted octanol–water partition coefficient (Wildman–Crippen LogP) is 0.991. The lowest BCUT2D eigenvalue weighted by Gasteiger charge is -2.36. The molecule has 4 atom stereocenters. The van der Waals surface area contributed by atoms with Crippen LogP contribution < -0.4 is 10.7 Å². The van der Waals surface area contributed by atoms with Crippen molar-refractivity contribution in [3.05, 3.63) is 29.8 Å². The molecule has 1 aliphatic heterocycles. The molecule has 5 amide bonds. The summed E-state index contributed by atoms with van der Waals surface area (Å²) >= 11 is 0. The van der Waals surface area contributed by atoms with Crippen molar-refractivity contribution in [1.82, 2.24) is 15.6 Å². The fraction of sp³-hybridized carbons (Fsp3) is 0.421. The van der Waals surface area contributed by atoms with Gasteiger partial charge in [-0.3, -0.25) is 24.6 Å². The van der Waals surface area contributed by atoms with Crippen molar-refractivity contribution in [2.75, 3.05) is 0 Å². The lowest BCUT2D eigenvalue weighted by Crippen LogP contribution is -2.62. The smallest absolute Gasteiger partial charge is 0.331 e. The fourth-order valence-electron chi connectivity index (χ4n) is 4.47. The molecule has 2 aliphatic carbocycles. The molecule has 0 radical (unpaired) electrons. The second-order valence-corrected chi connectivity index (χ2v) is 7.46. The number of rotatable bonds is 4. The fourth-order valence-corrected chi connectivity index (χ4v) is 4.47. The lowest BCUT2D eigenvalue weighted by molar-refractivity contribution is -0.141. The first-order valence-electron chi connectivity index (χ1n) is 9.25. The maximum atomic E-state index is 12.8. The molecule has 0 aromatic heterocycles. The molecular weight excluding hydrogens is 364 g/mol. The Labute approximate surface area is 160 Å². The van der Waals surface area contributed by atoms with E-state index in [-0.39, 0.29) is 23.3 Å². The summed E-state index contributed by atoms with van der Waals surface area (Å²) < 4.78 is 0. The van der Waals surface area contributed by atoms with E-state index in [0.29, 0.717) is 5.92 Å². The predicted molar refractivity (Wildman–Crippen MR) is 97.2 cm³/mol. The summed E-state index contributed by atoms with van der Waals surface area (Å²) in [5, 5.41) is 15.6. The van der Waals surface area contributed by atoms with Gasteiger partial charge in [0.15, 0.2) is 5.92 Å². The van der Waals surface area contributed by atoms with E-state index < -0.39 is 29.7 Å². The first-order valence-corrected chi connectivity index (χ1v) is 9.25. The van der Waals surface area contributed by atoms with Gasteiger partial charge in [0.25, 0.3) is 5.91 Å². The molecule has 9 nitrogen and oxygen atoms in total. The highest BCUT2D eigenvalue weighted by atomic mass is 16.3. The molecule has 1 saturated heterocycles. The van der Waals surface area contributed by atoms with Gasteiger partial charge in [0.2, 0.25) is 11.8 Å². The van der Waals surface area contributed by atoms with E-state index >= 15 is 0 Å². The van der Waals surface area contributed by atoms with Crippen molar-refractivity contribution >= 4 is 30.0 Å². The maximum absolute atomic E-state index is 12.8. The highest BCUT2D eigenvalue weighted by Crippen LogP contribution is 2.47. The van der Waals surface area contributed by atoms with Crippen molar-refractivity contribution in [3.63, 3.8) is 0 Å². The van der Waals surface area contributed by atoms with Crippen molar-refractivity contribution in [2.24, 2.45) is 22.9 Å². The quantitative estimate of drug-likeness (QED) is 0.405. The van der Waals surface area contributed by atoms with Gasteiger partial charge in [-0.15, -0.1) is 0 Å². The number of hydrogen-bond donors (Lipinski definition) is 3. The van der Waals surface area contributed by atoms with Crippen molar-refractivity contribution in [3.8, 4) is 5.75 Å². The van der Waals surface area contributed by atoms with Crippen LogP contribution in [0.15, 0.2) is 29.4 Å². The zero-order valence-electron chi connectivity index (χ0n) is 15.0. The zero-order chi connectivity index (χ0) is 19.8. The molecule has 0 spiro atoms. The second kappa shape index (κ2) is 7.06. The van der Waals surface area contributed by atoms with Gasteiger partial charge in [-0.05, 0) is 43.2 Å². The Morgan fingerprint density at radius 3 is 2.68 bits per heavy atom. The number of imide groups is 2. The molecule has 1 aromatic carbocycles. The summed E-state index contributed by atoms with van der Waals surface area (Å²) in [5.74, 6) is -2.76. The number of phenols is 1. The van der Waals surface area contributed by atoms with Gasteiger partial charge in [-0.1, -0.05) is 18.6 Å². The molecule has 2 bridgehead atoms. The number of para-hydroxylation sites is 1. The van der Waals surface area contributed by atoms with E-state index in [2.05, 4.69) is 15.8 Å². The molecule has 2 saturated carbocycles. The minimum atomic E-state index is -1.29. The minimum absolute atomic E-state index is 0.0119. The number of aromatic hydroxyl groups is 1. The van der Waals surface area contributed by atoms with E-state index in [1.165, 1.54) is 12.1 Å². The molecule has 3 fully saturated rings. The monoisotopic (exact) mass is 384 g/mol. The number of hydrazone groups is 1. The topological polar surface area (TPSA) is 128 Å². The van der Waals surface area contributed by atoms with E-state index in [9.17, 15) is 24.3 Å². The summed E-state index contributed by atoms with van der Waals surface area (Å²) in [5.41, 5.74) is 2.20. The van der Waals surface area contributed by atoms with Crippen molar-refractivity contribution in [1.29, 1.82) is 0 Å². The number of benzene rings is 1. The number of amides is 5. The number of fused-ring (bicyclic) bond motifs is 2. The summed E-state index contributed by atoms with van der Waals surface area (Å²) in [6, 6.07) is 5.04. The molecule has 1 heterocycles. The maximum Gasteiger partial charge on any atom is 0.331 e. The van der Waals surface area contributed by atoms with Crippen LogP contribution >= 0.6 is 0 Å². The molecule has 3 N–H and O–H groups in total. The molecular formula is C19H20N4O5. The van der Waals surface area contributed by atoms with Gasteiger partial charge in [0.05, 0.1) is 5.56 Å². The summed E-state index contributed by atoms with van der Waals surface area (Å²) in [7, 11) is 0. The highest BCUT2D eigenvalue weighted by Gasteiger charge is 2.50. The third-order valence-corrected chi connectivity index (χ3v) is 5.81. The van der Waals surface area contributed by atoms with Gasteiger partial charge < -0.3 is 5.11 Å². The second-order valence-electron chi connectivity index (χ2n) is 7.46. The molecule has 9 heteroatoms. The van der Waals surface area contributed by atoms with Crippen molar-refractivity contribution in [2.45, 2.75) is 31.7 Å². The highest BCUT2D eigenvalue weighted by molar-refractivity contribution is 6.23. The summed E-state index contributed by atoms with van der Waals surface area (Å²) in [6.45, 7) is 0. The summed E-state index contributed by atoms with van der Waals surface area (Å²) in [6.07, 6.45) is 4.89.